The first kappa shape index (κ1) is 20.4. The summed E-state index contributed by atoms with van der Waals surface area (Å²) in [5, 5.41) is 0. The highest BCUT2D eigenvalue weighted by atomic mass is 15.3. The second-order valence-electron chi connectivity index (χ2n) is 8.91. The van der Waals surface area contributed by atoms with Gasteiger partial charge in [0.15, 0.2) is 5.82 Å². The molecule has 2 fully saturated rings. The molecule has 4 rings (SSSR count). The lowest BCUT2D eigenvalue weighted by Crippen LogP contribution is -2.47. The van der Waals surface area contributed by atoms with Crippen LogP contribution in [-0.2, 0) is 0 Å². The van der Waals surface area contributed by atoms with Crippen LogP contribution in [-0.4, -0.2) is 76.1 Å². The third-order valence-electron chi connectivity index (χ3n) is 6.71. The van der Waals surface area contributed by atoms with Gasteiger partial charge in [0.25, 0.3) is 0 Å². The number of hydrogen-bond donors (Lipinski definition) is 1. The molecule has 6 heteroatoms. The van der Waals surface area contributed by atoms with Crippen LogP contribution in [0.4, 0.5) is 5.82 Å². The SMILES string of the molecule is Cc1nc(-c2cccc(N3CCCN(C4CCN(C(C)C)CC4)CC3)n2)[nH]c1C. The maximum Gasteiger partial charge on any atom is 0.156 e. The van der Waals surface area contributed by atoms with Crippen LogP contribution in [0.1, 0.15) is 44.5 Å². The predicted molar refractivity (Wildman–Crippen MR) is 119 cm³/mol. The zero-order valence-electron chi connectivity index (χ0n) is 18.5. The Hall–Kier alpha value is -1.92. The number of H-pyrrole nitrogens is 1. The summed E-state index contributed by atoms with van der Waals surface area (Å²) in [7, 11) is 0. The lowest BCUT2D eigenvalue weighted by atomic mass is 10.0. The van der Waals surface area contributed by atoms with E-state index in [1.165, 1.54) is 38.9 Å². The van der Waals surface area contributed by atoms with Gasteiger partial charge < -0.3 is 14.8 Å². The van der Waals surface area contributed by atoms with Crippen LogP contribution in [0.15, 0.2) is 18.2 Å². The molecule has 0 aromatic carbocycles. The first-order valence-corrected chi connectivity index (χ1v) is 11.2. The lowest BCUT2D eigenvalue weighted by molar-refractivity contribution is 0.0965. The number of anilines is 1. The zero-order valence-corrected chi connectivity index (χ0v) is 18.5. The van der Waals surface area contributed by atoms with Crippen molar-refractivity contribution in [2.75, 3.05) is 44.2 Å². The molecule has 6 nitrogen and oxygen atoms in total. The minimum atomic E-state index is 0.677. The van der Waals surface area contributed by atoms with Crippen LogP contribution < -0.4 is 4.90 Å². The number of imidazole rings is 1. The van der Waals surface area contributed by atoms with Crippen LogP contribution in [0.3, 0.4) is 0 Å². The molecule has 2 saturated heterocycles. The first-order valence-electron chi connectivity index (χ1n) is 11.2. The highest BCUT2D eigenvalue weighted by Crippen LogP contribution is 2.23. The molecule has 2 aliphatic rings. The second-order valence-corrected chi connectivity index (χ2v) is 8.91. The summed E-state index contributed by atoms with van der Waals surface area (Å²) in [6.45, 7) is 15.7. The maximum atomic E-state index is 4.94. The Labute approximate surface area is 175 Å². The number of piperidine rings is 1. The molecular weight excluding hydrogens is 360 g/mol. The van der Waals surface area contributed by atoms with Crippen LogP contribution in [0.2, 0.25) is 0 Å². The monoisotopic (exact) mass is 396 g/mol. The zero-order chi connectivity index (χ0) is 20.4. The van der Waals surface area contributed by atoms with Gasteiger partial charge in [-0.15, -0.1) is 0 Å². The molecule has 0 amide bonds. The number of aromatic nitrogens is 3. The number of rotatable bonds is 4. The van der Waals surface area contributed by atoms with Crippen LogP contribution in [0.5, 0.6) is 0 Å². The van der Waals surface area contributed by atoms with Crippen molar-refractivity contribution in [2.45, 2.75) is 59.0 Å². The molecule has 2 aromatic heterocycles. The van der Waals surface area contributed by atoms with E-state index in [2.05, 4.69) is 57.6 Å². The highest BCUT2D eigenvalue weighted by Gasteiger charge is 2.27. The Kier molecular flexibility index (Phi) is 6.20. The summed E-state index contributed by atoms with van der Waals surface area (Å²) in [6.07, 6.45) is 3.82. The van der Waals surface area contributed by atoms with E-state index in [1.807, 2.05) is 13.0 Å². The topological polar surface area (TPSA) is 51.3 Å². The fourth-order valence-electron chi connectivity index (χ4n) is 4.70. The summed E-state index contributed by atoms with van der Waals surface area (Å²) in [4.78, 5) is 20.7. The third-order valence-corrected chi connectivity index (χ3v) is 6.71. The van der Waals surface area contributed by atoms with Crippen molar-refractivity contribution in [2.24, 2.45) is 0 Å². The van der Waals surface area contributed by atoms with Gasteiger partial charge in [-0.1, -0.05) is 6.07 Å². The van der Waals surface area contributed by atoms with Gasteiger partial charge >= 0.3 is 0 Å². The van der Waals surface area contributed by atoms with Gasteiger partial charge in [-0.2, -0.15) is 0 Å². The average molecular weight is 397 g/mol. The number of nitrogens with one attached hydrogen (secondary N) is 1. The van der Waals surface area contributed by atoms with E-state index in [-0.39, 0.29) is 0 Å². The van der Waals surface area contributed by atoms with E-state index in [0.29, 0.717) is 6.04 Å². The van der Waals surface area contributed by atoms with E-state index in [0.717, 1.165) is 54.4 Å². The van der Waals surface area contributed by atoms with Crippen molar-refractivity contribution in [3.05, 3.63) is 29.6 Å². The Morgan fingerprint density at radius 1 is 0.966 bits per heavy atom. The van der Waals surface area contributed by atoms with Gasteiger partial charge in [0.2, 0.25) is 0 Å². The number of likely N-dealkylation sites (tertiary alicyclic amines) is 1. The number of hydrogen-bond acceptors (Lipinski definition) is 5. The first-order chi connectivity index (χ1) is 14.0. The van der Waals surface area contributed by atoms with E-state index in [9.17, 15) is 0 Å². The third kappa shape index (κ3) is 4.64. The number of nitrogens with zero attached hydrogens (tertiary/aromatic N) is 5. The minimum Gasteiger partial charge on any atom is -0.355 e. The molecule has 0 bridgehead atoms. The van der Waals surface area contributed by atoms with Crippen molar-refractivity contribution in [1.82, 2.24) is 24.8 Å². The van der Waals surface area contributed by atoms with Crippen molar-refractivity contribution >= 4 is 5.82 Å². The average Bonchev–Trinajstić information content (AvgIpc) is 2.93. The normalized spacial score (nSPS) is 20.4. The molecular formula is C23H36N6. The van der Waals surface area contributed by atoms with Crippen molar-refractivity contribution in [1.29, 1.82) is 0 Å². The van der Waals surface area contributed by atoms with E-state index in [1.54, 1.807) is 0 Å². The molecule has 158 valence electrons. The molecule has 0 aliphatic carbocycles. The Bertz CT molecular complexity index is 786. The molecule has 1 N–H and O–H groups in total. The van der Waals surface area contributed by atoms with Gasteiger partial charge in [-0.05, 0) is 72.2 Å². The Morgan fingerprint density at radius 2 is 1.76 bits per heavy atom. The Morgan fingerprint density at radius 3 is 2.45 bits per heavy atom. The Balaban J connectivity index is 1.39. The molecule has 29 heavy (non-hydrogen) atoms. The second kappa shape index (κ2) is 8.84. The fraction of sp³-hybridized carbons (Fsp3) is 0.652. The molecule has 0 spiro atoms. The van der Waals surface area contributed by atoms with Gasteiger partial charge in [0.1, 0.15) is 11.5 Å². The molecule has 0 radical (unpaired) electrons. The van der Waals surface area contributed by atoms with E-state index < -0.39 is 0 Å². The summed E-state index contributed by atoms with van der Waals surface area (Å²) in [6, 6.07) is 7.72. The van der Waals surface area contributed by atoms with Crippen LogP contribution in [0, 0.1) is 13.8 Å². The van der Waals surface area contributed by atoms with Gasteiger partial charge in [-0.3, -0.25) is 4.90 Å². The quantitative estimate of drug-likeness (QED) is 0.858. The van der Waals surface area contributed by atoms with Gasteiger partial charge in [-0.25, -0.2) is 9.97 Å². The maximum absolute atomic E-state index is 4.94. The summed E-state index contributed by atoms with van der Waals surface area (Å²) >= 11 is 0. The number of pyridine rings is 1. The molecule has 2 aliphatic heterocycles. The van der Waals surface area contributed by atoms with Crippen molar-refractivity contribution in [3.63, 3.8) is 0 Å². The fourth-order valence-corrected chi connectivity index (χ4v) is 4.70. The smallest absolute Gasteiger partial charge is 0.156 e. The molecule has 0 unspecified atom stereocenters. The van der Waals surface area contributed by atoms with Gasteiger partial charge in [0.05, 0.1) is 5.69 Å². The van der Waals surface area contributed by atoms with Crippen molar-refractivity contribution < 1.29 is 0 Å². The summed E-state index contributed by atoms with van der Waals surface area (Å²) in [5.41, 5.74) is 3.09. The largest absolute Gasteiger partial charge is 0.355 e. The lowest BCUT2D eigenvalue weighted by Gasteiger charge is -2.39. The van der Waals surface area contributed by atoms with Gasteiger partial charge in [0, 0.05) is 44.0 Å². The molecule has 4 heterocycles. The van der Waals surface area contributed by atoms with Crippen molar-refractivity contribution in [3.8, 4) is 11.5 Å². The molecule has 0 atom stereocenters. The number of aryl methyl sites for hydroxylation is 2. The minimum absolute atomic E-state index is 0.677. The van der Waals surface area contributed by atoms with Crippen LogP contribution >= 0.6 is 0 Å². The van der Waals surface area contributed by atoms with E-state index in [4.69, 9.17) is 4.98 Å². The molecule has 0 saturated carbocycles. The van der Waals surface area contributed by atoms with E-state index >= 15 is 0 Å². The highest BCUT2D eigenvalue weighted by molar-refractivity contribution is 5.55. The summed E-state index contributed by atoms with van der Waals surface area (Å²) < 4.78 is 0. The standard InChI is InChI=1S/C23H36N6/c1-17(2)27-13-9-20(10-14-27)28-11-6-12-29(16-15-28)22-8-5-7-21(26-22)23-24-18(3)19(4)25-23/h5,7-8,17,20H,6,9-16H2,1-4H3,(H,24,25). The summed E-state index contributed by atoms with van der Waals surface area (Å²) in [5.74, 6) is 1.95. The molecule has 2 aromatic rings. The van der Waals surface area contributed by atoms with Crippen LogP contribution in [0.25, 0.3) is 11.5 Å². The number of aromatic amines is 1. The predicted octanol–water partition coefficient (Wildman–Crippen LogP) is 3.47.